The highest BCUT2D eigenvalue weighted by molar-refractivity contribution is 7.89. The highest BCUT2D eigenvalue weighted by Gasteiger charge is 2.38. The van der Waals surface area contributed by atoms with Crippen LogP contribution in [0.5, 0.6) is 0 Å². The lowest BCUT2D eigenvalue weighted by Crippen LogP contribution is -2.38. The third-order valence-corrected chi connectivity index (χ3v) is 5.76. The van der Waals surface area contributed by atoms with Crippen molar-refractivity contribution < 1.29 is 26.4 Å². The predicted molar refractivity (Wildman–Crippen MR) is 95.8 cm³/mol. The normalized spacial score (nSPS) is 17.5. The molecule has 1 amide bonds. The molecule has 0 aliphatic carbocycles. The third kappa shape index (κ3) is 6.78. The smallest absolute Gasteiger partial charge is 0.318 e. The van der Waals surface area contributed by atoms with Gasteiger partial charge in [-0.1, -0.05) is 13.3 Å². The van der Waals surface area contributed by atoms with Gasteiger partial charge >= 0.3 is 12.1 Å². The van der Waals surface area contributed by atoms with E-state index in [1.165, 1.54) is 6.42 Å². The molecule has 6 nitrogen and oxygen atoms in total. The van der Waals surface area contributed by atoms with Gasteiger partial charge in [-0.3, -0.25) is 4.79 Å². The molecule has 1 fully saturated rings. The zero-order valence-corrected chi connectivity index (χ0v) is 15.9. The van der Waals surface area contributed by atoms with Crippen LogP contribution >= 0.6 is 0 Å². The van der Waals surface area contributed by atoms with Crippen molar-refractivity contribution in [3.05, 3.63) is 24.3 Å². The van der Waals surface area contributed by atoms with Gasteiger partial charge in [0.1, 0.15) is 0 Å². The van der Waals surface area contributed by atoms with Crippen LogP contribution < -0.4 is 10.0 Å². The van der Waals surface area contributed by atoms with Crippen LogP contribution in [0.1, 0.15) is 26.2 Å². The van der Waals surface area contributed by atoms with Crippen LogP contribution in [0.25, 0.3) is 0 Å². The molecular formula is C17H24F3N3O3S. The number of nitrogens with one attached hydrogen (secondary N) is 2. The predicted octanol–water partition coefficient (Wildman–Crippen LogP) is 2.59. The second-order valence-electron chi connectivity index (χ2n) is 6.79. The number of carbonyl (C=O) groups excluding carboxylic acids is 1. The summed E-state index contributed by atoms with van der Waals surface area (Å²) in [6, 6.07) is 4.55. The fraction of sp³-hybridized carbons (Fsp3) is 0.588. The van der Waals surface area contributed by atoms with Crippen LogP contribution in [0.15, 0.2) is 29.2 Å². The third-order valence-electron chi connectivity index (χ3n) is 4.32. The van der Waals surface area contributed by atoms with Gasteiger partial charge in [0.25, 0.3) is 0 Å². The number of carbonyl (C=O) groups is 1. The summed E-state index contributed by atoms with van der Waals surface area (Å²) in [4.78, 5) is 13.1. The van der Waals surface area contributed by atoms with Gasteiger partial charge < -0.3 is 10.2 Å². The van der Waals surface area contributed by atoms with E-state index >= 15 is 0 Å². The monoisotopic (exact) mass is 407 g/mol. The highest BCUT2D eigenvalue weighted by Crippen LogP contribution is 2.20. The first kappa shape index (κ1) is 21.6. The average molecular weight is 407 g/mol. The maximum atomic E-state index is 12.3. The van der Waals surface area contributed by atoms with Crippen molar-refractivity contribution in [3.63, 3.8) is 0 Å². The van der Waals surface area contributed by atoms with Crippen LogP contribution in [0, 0.1) is 5.92 Å². The lowest BCUT2D eigenvalue weighted by Gasteiger charge is -2.29. The van der Waals surface area contributed by atoms with Gasteiger partial charge in [-0.05, 0) is 56.1 Å². The molecule has 0 radical (unpaired) electrons. The number of sulfonamides is 1. The molecule has 1 aliphatic rings. The van der Waals surface area contributed by atoms with Gasteiger partial charge in [0.05, 0.1) is 4.90 Å². The summed E-state index contributed by atoms with van der Waals surface area (Å²) in [5.41, 5.74) is -0.130. The first-order chi connectivity index (χ1) is 12.6. The van der Waals surface area contributed by atoms with Crippen molar-refractivity contribution in [2.45, 2.75) is 37.3 Å². The molecule has 152 valence electrons. The van der Waals surface area contributed by atoms with E-state index in [0.29, 0.717) is 0 Å². The van der Waals surface area contributed by atoms with Crippen LogP contribution in [-0.4, -0.2) is 51.6 Å². The Bertz CT molecular complexity index is 730. The molecule has 0 saturated carbocycles. The molecular weight excluding hydrogens is 383 g/mol. The van der Waals surface area contributed by atoms with Gasteiger partial charge in [0, 0.05) is 18.8 Å². The minimum atomic E-state index is -5.00. The summed E-state index contributed by atoms with van der Waals surface area (Å²) < 4.78 is 63.9. The molecule has 0 bridgehead atoms. The highest BCUT2D eigenvalue weighted by atomic mass is 32.2. The summed E-state index contributed by atoms with van der Waals surface area (Å²) >= 11 is 0. The molecule has 1 aliphatic heterocycles. The van der Waals surface area contributed by atoms with E-state index in [9.17, 15) is 26.4 Å². The lowest BCUT2D eigenvalue weighted by molar-refractivity contribution is -0.167. The molecule has 1 unspecified atom stereocenters. The molecule has 1 aromatic carbocycles. The Morgan fingerprint density at radius 1 is 1.15 bits per heavy atom. The topological polar surface area (TPSA) is 78.5 Å². The Hall–Kier alpha value is -1.65. The van der Waals surface area contributed by atoms with Gasteiger partial charge in [0.15, 0.2) is 0 Å². The summed E-state index contributed by atoms with van der Waals surface area (Å²) in [6.45, 7) is 5.10. The minimum Gasteiger partial charge on any atom is -0.318 e. The van der Waals surface area contributed by atoms with Crippen molar-refractivity contribution in [3.8, 4) is 0 Å². The van der Waals surface area contributed by atoms with E-state index < -0.39 is 22.1 Å². The van der Waals surface area contributed by atoms with Crippen LogP contribution in [0.4, 0.5) is 18.9 Å². The van der Waals surface area contributed by atoms with E-state index in [4.69, 9.17) is 0 Å². The average Bonchev–Trinajstić information content (AvgIpc) is 2.61. The second kappa shape index (κ2) is 9.03. The number of nitrogens with zero attached hydrogens (tertiary/aromatic N) is 1. The van der Waals surface area contributed by atoms with E-state index in [2.05, 4.69) is 9.62 Å². The summed E-state index contributed by atoms with van der Waals surface area (Å²) in [5.74, 6) is -1.98. The van der Waals surface area contributed by atoms with Crippen LogP contribution in [0.3, 0.4) is 0 Å². The quantitative estimate of drug-likeness (QED) is 0.728. The van der Waals surface area contributed by atoms with Crippen molar-refractivity contribution in [2.75, 3.05) is 31.5 Å². The maximum Gasteiger partial charge on any atom is 0.471 e. The Labute approximate surface area is 157 Å². The number of rotatable bonds is 7. The van der Waals surface area contributed by atoms with Gasteiger partial charge in [-0.2, -0.15) is 13.2 Å². The molecule has 1 heterocycles. The number of amides is 1. The van der Waals surface area contributed by atoms with Crippen molar-refractivity contribution in [1.29, 1.82) is 0 Å². The Morgan fingerprint density at radius 2 is 1.74 bits per heavy atom. The molecule has 2 N–H and O–H groups in total. The van der Waals surface area contributed by atoms with E-state index in [1.807, 2.05) is 6.92 Å². The number of likely N-dealkylation sites (tertiary alicyclic amines) is 1. The van der Waals surface area contributed by atoms with Crippen LogP contribution in [-0.2, 0) is 14.8 Å². The number of alkyl halides is 3. The summed E-state index contributed by atoms with van der Waals surface area (Å²) in [7, 11) is -3.77. The van der Waals surface area contributed by atoms with Crippen molar-refractivity contribution >= 4 is 21.6 Å². The number of halogens is 3. The molecule has 0 aromatic heterocycles. The number of benzene rings is 1. The molecule has 27 heavy (non-hydrogen) atoms. The molecule has 10 heteroatoms. The van der Waals surface area contributed by atoms with Gasteiger partial charge in [-0.25, -0.2) is 13.1 Å². The first-order valence-corrected chi connectivity index (χ1v) is 10.3. The zero-order valence-electron chi connectivity index (χ0n) is 15.1. The Balaban J connectivity index is 1.89. The molecule has 1 saturated heterocycles. The largest absolute Gasteiger partial charge is 0.471 e. The molecule has 1 atom stereocenters. The SMILES string of the molecule is CC(CNS(=O)(=O)c1ccc(NC(=O)C(F)(F)F)cc1)CN1CCCCC1. The first-order valence-electron chi connectivity index (χ1n) is 8.78. The lowest BCUT2D eigenvalue weighted by atomic mass is 10.1. The Morgan fingerprint density at radius 3 is 2.30 bits per heavy atom. The van der Waals surface area contributed by atoms with Crippen LogP contribution in [0.2, 0.25) is 0 Å². The van der Waals surface area contributed by atoms with Crippen molar-refractivity contribution in [2.24, 2.45) is 5.92 Å². The van der Waals surface area contributed by atoms with E-state index in [-0.39, 0.29) is 23.0 Å². The Kier molecular flexibility index (Phi) is 7.24. The van der Waals surface area contributed by atoms with E-state index in [1.54, 1.807) is 5.32 Å². The van der Waals surface area contributed by atoms with Gasteiger partial charge in [0.2, 0.25) is 10.0 Å². The number of piperidine rings is 1. The fourth-order valence-electron chi connectivity index (χ4n) is 2.90. The summed E-state index contributed by atoms with van der Waals surface area (Å²) in [5, 5.41) is 1.67. The van der Waals surface area contributed by atoms with Crippen molar-refractivity contribution in [1.82, 2.24) is 9.62 Å². The molecule has 1 aromatic rings. The fourth-order valence-corrected chi connectivity index (χ4v) is 4.07. The standard InChI is InChI=1S/C17H24F3N3O3S/c1-13(12-23-9-3-2-4-10-23)11-21-27(25,26)15-7-5-14(6-8-15)22-16(24)17(18,19)20/h5-8,13,21H,2-4,9-12H2,1H3,(H,22,24). The zero-order chi connectivity index (χ0) is 20.1. The van der Waals surface area contributed by atoms with E-state index in [0.717, 1.165) is 56.7 Å². The molecule has 2 rings (SSSR count). The maximum absolute atomic E-state index is 12.3. The van der Waals surface area contributed by atoms with Gasteiger partial charge in [-0.15, -0.1) is 0 Å². The molecule has 0 spiro atoms. The number of anilines is 1. The summed E-state index contributed by atoms with van der Waals surface area (Å²) in [6.07, 6.45) is -1.45. The number of hydrogen-bond acceptors (Lipinski definition) is 4. The minimum absolute atomic E-state index is 0.0716. The number of hydrogen-bond donors (Lipinski definition) is 2. The second-order valence-corrected chi connectivity index (χ2v) is 8.56.